The average molecular weight is 632 g/mol. The first kappa shape index (κ1) is 31.5. The summed E-state index contributed by atoms with van der Waals surface area (Å²) in [6.45, 7) is 9.44. The quantitative estimate of drug-likeness (QED) is 0.353. The van der Waals surface area contributed by atoms with Crippen LogP contribution in [0.3, 0.4) is 0 Å². The Labute approximate surface area is 260 Å². The lowest BCUT2D eigenvalue weighted by Crippen LogP contribution is -2.43. The minimum Gasteiger partial charge on any atom is -0.461 e. The fourth-order valence-electron chi connectivity index (χ4n) is 8.04. The molecule has 1 amide bonds. The molecule has 2 N–H and O–H groups in total. The van der Waals surface area contributed by atoms with Gasteiger partial charge in [-0.05, 0) is 69.2 Å². The summed E-state index contributed by atoms with van der Waals surface area (Å²) in [5, 5.41) is 0. The number of aromatic nitrogens is 3. The molecule has 2 aromatic heterocycles. The normalized spacial score (nSPS) is 28.2. The molecule has 2 unspecified atom stereocenters. The van der Waals surface area contributed by atoms with Crippen LogP contribution in [0.2, 0.25) is 0 Å². The monoisotopic (exact) mass is 631 g/mol. The Kier molecular flexibility index (Phi) is 8.20. The van der Waals surface area contributed by atoms with E-state index in [9.17, 15) is 22.4 Å². The summed E-state index contributed by atoms with van der Waals surface area (Å²) in [5.74, 6) is -0.256. The summed E-state index contributed by atoms with van der Waals surface area (Å²) < 4.78 is 63.7. The minimum atomic E-state index is -4.59. The third kappa shape index (κ3) is 5.83. The van der Waals surface area contributed by atoms with Crippen molar-refractivity contribution in [3.63, 3.8) is 0 Å². The molecule has 0 spiro atoms. The van der Waals surface area contributed by atoms with Crippen molar-refractivity contribution < 1.29 is 27.1 Å². The largest absolute Gasteiger partial charge is 0.461 e. The summed E-state index contributed by atoms with van der Waals surface area (Å²) in [6.07, 6.45) is -0.680. The Morgan fingerprint density at radius 1 is 1.24 bits per heavy atom. The fourth-order valence-corrected chi connectivity index (χ4v) is 8.04. The van der Waals surface area contributed by atoms with E-state index in [1.54, 1.807) is 4.90 Å². The van der Waals surface area contributed by atoms with Crippen molar-refractivity contribution in [2.24, 2.45) is 5.92 Å². The maximum atomic E-state index is 14.4. The number of amides is 1. The zero-order valence-corrected chi connectivity index (χ0v) is 26.0. The number of anilines is 2. The molecule has 1 aliphatic carbocycles. The van der Waals surface area contributed by atoms with Crippen LogP contribution in [0.25, 0.3) is 0 Å². The Morgan fingerprint density at radius 3 is 2.76 bits per heavy atom. The number of carbonyl (C=O) groups is 1. The van der Waals surface area contributed by atoms with Gasteiger partial charge in [0, 0.05) is 50.6 Å². The van der Waals surface area contributed by atoms with Gasteiger partial charge in [-0.1, -0.05) is 13.5 Å². The number of aryl methyl sites for hydroxylation is 1. The van der Waals surface area contributed by atoms with Crippen LogP contribution in [-0.2, 0) is 23.8 Å². The fraction of sp³-hybridized carbons (Fsp3) is 0.625. The number of carbonyl (C=O) groups excluding carboxylic acids is 1. The van der Waals surface area contributed by atoms with Crippen LogP contribution in [0, 0.1) is 12.8 Å². The van der Waals surface area contributed by atoms with Crippen molar-refractivity contribution >= 4 is 17.5 Å². The number of likely N-dealkylation sites (tertiary alicyclic amines) is 1. The Balaban J connectivity index is 1.37. The lowest BCUT2D eigenvalue weighted by Gasteiger charge is -2.36. The number of nitrogen functional groups attached to an aromatic ring is 1. The van der Waals surface area contributed by atoms with Crippen molar-refractivity contribution in [1.29, 1.82) is 0 Å². The van der Waals surface area contributed by atoms with E-state index in [1.807, 2.05) is 18.9 Å². The minimum absolute atomic E-state index is 0.0325. The van der Waals surface area contributed by atoms with Crippen molar-refractivity contribution in [2.45, 2.75) is 82.2 Å². The second-order valence-corrected chi connectivity index (χ2v) is 13.3. The number of hydrogen-bond acceptors (Lipinski definition) is 8. The van der Waals surface area contributed by atoms with Crippen LogP contribution < -0.4 is 15.4 Å². The summed E-state index contributed by atoms with van der Waals surface area (Å²) >= 11 is 0. The number of hydrogen-bond donors (Lipinski definition) is 1. The molecule has 3 aliphatic heterocycles. The molecule has 0 saturated carbocycles. The van der Waals surface area contributed by atoms with Gasteiger partial charge in [0.2, 0.25) is 5.91 Å². The van der Waals surface area contributed by atoms with Crippen molar-refractivity contribution in [2.75, 3.05) is 50.5 Å². The van der Waals surface area contributed by atoms with E-state index in [0.717, 1.165) is 31.4 Å². The third-order valence-corrected chi connectivity index (χ3v) is 10.3. The molecule has 4 aliphatic rings. The van der Waals surface area contributed by atoms with Gasteiger partial charge in [-0.3, -0.25) is 9.69 Å². The van der Waals surface area contributed by atoms with Crippen molar-refractivity contribution in [3.05, 3.63) is 46.8 Å². The average Bonchev–Trinajstić information content (AvgIpc) is 3.68. The number of likely N-dealkylation sites (N-methyl/N-ethyl adjacent to an activating group) is 1. The predicted molar refractivity (Wildman–Crippen MR) is 162 cm³/mol. The summed E-state index contributed by atoms with van der Waals surface area (Å²) in [7, 11) is 1.92. The van der Waals surface area contributed by atoms with Gasteiger partial charge in [-0.25, -0.2) is 9.37 Å². The highest BCUT2D eigenvalue weighted by Gasteiger charge is 2.49. The number of rotatable bonds is 7. The molecular weight excluding hydrogens is 590 g/mol. The highest BCUT2D eigenvalue weighted by Crippen LogP contribution is 2.46. The lowest BCUT2D eigenvalue weighted by molar-refractivity contribution is -0.139. The molecule has 244 valence electrons. The molecule has 0 radical (unpaired) electrons. The molecule has 2 aromatic rings. The molecule has 0 aromatic carbocycles. The number of nitrogens with two attached hydrogens (primary N) is 1. The highest BCUT2D eigenvalue weighted by molar-refractivity contribution is 5.87. The van der Waals surface area contributed by atoms with Crippen LogP contribution in [0.15, 0.2) is 18.7 Å². The second-order valence-electron chi connectivity index (χ2n) is 13.3. The number of alkyl halides is 4. The van der Waals surface area contributed by atoms with Crippen LogP contribution >= 0.6 is 0 Å². The van der Waals surface area contributed by atoms with Crippen molar-refractivity contribution in [3.8, 4) is 6.01 Å². The van der Waals surface area contributed by atoms with Gasteiger partial charge in [0.15, 0.2) is 0 Å². The standard InChI is InChI=1S/C32H41F4N7O2/c1-5-26(44)42-10-7-21(16-42)41(4)29-23-11-18(2)22(28-27(32(34,35)36)19(3)12-25(37)39-28)13-24(23)38-30(40-29)45-17-31-8-6-9-43(31)15-20(33)14-31/h5,12,18,20-22H,1,6-11,13-17H2,2-4H3,(H2,37,39)/t18?,20-,21-,22?,31+/m1/s1. The van der Waals surface area contributed by atoms with Gasteiger partial charge in [-0.2, -0.15) is 23.1 Å². The third-order valence-electron chi connectivity index (χ3n) is 10.3. The molecule has 3 fully saturated rings. The van der Waals surface area contributed by atoms with Gasteiger partial charge in [0.25, 0.3) is 0 Å². The van der Waals surface area contributed by atoms with E-state index < -0.39 is 29.4 Å². The van der Waals surface area contributed by atoms with Gasteiger partial charge in [-0.15, -0.1) is 0 Å². The van der Waals surface area contributed by atoms with Gasteiger partial charge >= 0.3 is 12.2 Å². The first-order valence-corrected chi connectivity index (χ1v) is 15.7. The molecule has 3 saturated heterocycles. The smallest absolute Gasteiger partial charge is 0.418 e. The van der Waals surface area contributed by atoms with Gasteiger partial charge in [0.1, 0.15) is 24.4 Å². The van der Waals surface area contributed by atoms with Crippen LogP contribution in [-0.4, -0.2) is 88.2 Å². The molecule has 9 nitrogen and oxygen atoms in total. The highest BCUT2D eigenvalue weighted by atomic mass is 19.4. The van der Waals surface area contributed by atoms with E-state index >= 15 is 0 Å². The number of fused-ring (bicyclic) bond motifs is 2. The SMILES string of the molecule is C=CC(=O)N1CC[C@@H](N(C)c2nc(OC[C@@]34CCCN3C[C@H](F)C4)nc3c2CC(C)C(c2nc(N)cc(C)c2C(F)(F)F)C3)C1. The molecule has 0 bridgehead atoms. The summed E-state index contributed by atoms with van der Waals surface area (Å²) in [5.41, 5.74) is 6.24. The first-order chi connectivity index (χ1) is 21.3. The number of halogens is 4. The topological polar surface area (TPSA) is 101 Å². The van der Waals surface area contributed by atoms with Crippen LogP contribution in [0.5, 0.6) is 6.01 Å². The Bertz CT molecular complexity index is 1490. The first-order valence-electron chi connectivity index (χ1n) is 15.7. The Hall–Kier alpha value is -3.48. The van der Waals surface area contributed by atoms with E-state index in [1.165, 1.54) is 19.1 Å². The van der Waals surface area contributed by atoms with Crippen molar-refractivity contribution in [1.82, 2.24) is 24.8 Å². The predicted octanol–water partition coefficient (Wildman–Crippen LogP) is 4.48. The molecule has 5 heterocycles. The van der Waals surface area contributed by atoms with E-state index in [0.29, 0.717) is 44.0 Å². The summed E-state index contributed by atoms with van der Waals surface area (Å²) in [4.78, 5) is 32.1. The number of pyridine rings is 1. The zero-order chi connectivity index (χ0) is 32.3. The molecular formula is C32H41F4N7O2. The number of ether oxygens (including phenoxy) is 1. The van der Waals surface area contributed by atoms with Crippen LogP contribution in [0.4, 0.5) is 29.2 Å². The molecule has 5 atom stereocenters. The molecule has 6 rings (SSSR count). The van der Waals surface area contributed by atoms with Crippen LogP contribution in [0.1, 0.15) is 66.6 Å². The maximum Gasteiger partial charge on any atom is 0.418 e. The number of nitrogens with zero attached hydrogens (tertiary/aromatic N) is 6. The van der Waals surface area contributed by atoms with Gasteiger partial charge in [0.05, 0.1) is 22.5 Å². The van der Waals surface area contributed by atoms with E-state index in [-0.39, 0.29) is 54.0 Å². The molecule has 45 heavy (non-hydrogen) atoms. The second kappa shape index (κ2) is 11.7. The van der Waals surface area contributed by atoms with Gasteiger partial charge < -0.3 is 20.3 Å². The summed E-state index contributed by atoms with van der Waals surface area (Å²) in [6, 6.07) is 1.35. The molecule has 13 heteroatoms. The zero-order valence-electron chi connectivity index (χ0n) is 26.0. The van der Waals surface area contributed by atoms with E-state index in [4.69, 9.17) is 20.4 Å². The maximum absolute atomic E-state index is 14.4. The lowest BCUT2D eigenvalue weighted by atomic mass is 9.75. The Morgan fingerprint density at radius 2 is 2.02 bits per heavy atom. The van der Waals surface area contributed by atoms with E-state index in [2.05, 4.69) is 16.5 Å².